The molecule has 0 saturated carbocycles. The lowest BCUT2D eigenvalue weighted by molar-refractivity contribution is 0.215. The highest BCUT2D eigenvalue weighted by Gasteiger charge is 2.34. The summed E-state index contributed by atoms with van der Waals surface area (Å²) >= 11 is 1.98. The van der Waals surface area contributed by atoms with Crippen LogP contribution in [0.4, 0.5) is 0 Å². The fourth-order valence-corrected chi connectivity index (χ4v) is 4.44. The Hall–Kier alpha value is -0.670. The molecule has 0 radical (unpaired) electrons. The average Bonchev–Trinajstić information content (AvgIpc) is 2.45. The third-order valence-electron chi connectivity index (χ3n) is 4.63. The lowest BCUT2D eigenvalue weighted by Gasteiger charge is -2.41. The van der Waals surface area contributed by atoms with Crippen molar-refractivity contribution in [1.29, 1.82) is 0 Å². The smallest absolute Gasteiger partial charge is 0.122 e. The number of thioether (sulfide) groups is 1. The second-order valence-electron chi connectivity index (χ2n) is 5.84. The van der Waals surface area contributed by atoms with Gasteiger partial charge in [0.1, 0.15) is 5.75 Å². The molecule has 3 heteroatoms. The van der Waals surface area contributed by atoms with Gasteiger partial charge in [0.15, 0.2) is 0 Å². The van der Waals surface area contributed by atoms with Gasteiger partial charge in [-0.2, -0.15) is 11.8 Å². The second-order valence-corrected chi connectivity index (χ2v) is 6.75. The van der Waals surface area contributed by atoms with E-state index < -0.39 is 0 Å². The molecule has 1 N–H and O–H groups in total. The van der Waals surface area contributed by atoms with E-state index in [-0.39, 0.29) is 0 Å². The number of fused-ring (bicyclic) bond motifs is 2. The summed E-state index contributed by atoms with van der Waals surface area (Å²) in [6.45, 7) is 1.20. The highest BCUT2D eigenvalue weighted by atomic mass is 32.2. The van der Waals surface area contributed by atoms with Crippen molar-refractivity contribution in [2.75, 3.05) is 25.7 Å². The van der Waals surface area contributed by atoms with Crippen molar-refractivity contribution < 1.29 is 4.74 Å². The maximum atomic E-state index is 5.54. The number of ether oxygens (including phenoxy) is 1. The summed E-state index contributed by atoms with van der Waals surface area (Å²) < 4.78 is 5.54. The molecule has 3 atom stereocenters. The van der Waals surface area contributed by atoms with Gasteiger partial charge in [-0.25, -0.2) is 0 Å². The van der Waals surface area contributed by atoms with Gasteiger partial charge in [-0.1, -0.05) is 12.1 Å². The SMILES string of the molecule is COc1cccc2c1CC1CC(CSC)CNC1C2. The van der Waals surface area contributed by atoms with Gasteiger partial charge >= 0.3 is 0 Å². The molecule has 19 heavy (non-hydrogen) atoms. The van der Waals surface area contributed by atoms with Crippen LogP contribution >= 0.6 is 11.8 Å². The van der Waals surface area contributed by atoms with Gasteiger partial charge in [-0.15, -0.1) is 0 Å². The standard InChI is InChI=1S/C16H23NOS/c1-18-16-5-3-4-12-8-15-13(7-14(12)16)6-11(9-17-15)10-19-2/h3-5,11,13,15,17H,6-10H2,1-2H3. The highest BCUT2D eigenvalue weighted by Crippen LogP contribution is 2.37. The van der Waals surface area contributed by atoms with Crippen LogP contribution in [-0.2, 0) is 12.8 Å². The molecule has 1 aliphatic heterocycles. The normalized spacial score (nSPS) is 29.5. The zero-order chi connectivity index (χ0) is 13.2. The molecule has 1 aromatic rings. The fourth-order valence-electron chi connectivity index (χ4n) is 3.71. The summed E-state index contributed by atoms with van der Waals surface area (Å²) in [6, 6.07) is 7.17. The molecule has 2 nitrogen and oxygen atoms in total. The van der Waals surface area contributed by atoms with Crippen molar-refractivity contribution in [1.82, 2.24) is 5.32 Å². The summed E-state index contributed by atoms with van der Waals surface area (Å²) in [5, 5.41) is 3.78. The highest BCUT2D eigenvalue weighted by molar-refractivity contribution is 7.98. The first kappa shape index (κ1) is 13.3. The predicted molar refractivity (Wildman–Crippen MR) is 82.2 cm³/mol. The molecule has 0 aromatic heterocycles. The van der Waals surface area contributed by atoms with Crippen LogP contribution in [0.1, 0.15) is 17.5 Å². The summed E-state index contributed by atoms with van der Waals surface area (Å²) in [5.41, 5.74) is 2.94. The molecule has 3 unspecified atom stereocenters. The Bertz CT molecular complexity index is 448. The van der Waals surface area contributed by atoms with E-state index in [1.165, 1.54) is 42.7 Å². The van der Waals surface area contributed by atoms with Crippen molar-refractivity contribution in [2.45, 2.75) is 25.3 Å². The molecule has 0 bridgehead atoms. The minimum atomic E-state index is 0.678. The van der Waals surface area contributed by atoms with Crippen LogP contribution < -0.4 is 10.1 Å². The number of piperidine rings is 1. The van der Waals surface area contributed by atoms with Crippen LogP contribution in [0.3, 0.4) is 0 Å². The summed E-state index contributed by atoms with van der Waals surface area (Å²) in [5.74, 6) is 4.00. The first-order valence-electron chi connectivity index (χ1n) is 7.19. The minimum absolute atomic E-state index is 0.678. The first-order chi connectivity index (χ1) is 9.31. The van der Waals surface area contributed by atoms with Gasteiger partial charge < -0.3 is 10.1 Å². The molecular weight excluding hydrogens is 254 g/mol. The molecule has 1 aliphatic carbocycles. The van der Waals surface area contributed by atoms with Gasteiger partial charge in [0.25, 0.3) is 0 Å². The van der Waals surface area contributed by atoms with Gasteiger partial charge in [-0.05, 0) is 66.8 Å². The van der Waals surface area contributed by atoms with E-state index in [0.29, 0.717) is 6.04 Å². The summed E-state index contributed by atoms with van der Waals surface area (Å²) in [4.78, 5) is 0. The van der Waals surface area contributed by atoms with Gasteiger partial charge in [0.05, 0.1) is 7.11 Å². The fraction of sp³-hybridized carbons (Fsp3) is 0.625. The Balaban J connectivity index is 1.80. The van der Waals surface area contributed by atoms with Crippen molar-refractivity contribution in [3.8, 4) is 5.75 Å². The Morgan fingerprint density at radius 1 is 1.37 bits per heavy atom. The van der Waals surface area contributed by atoms with Crippen molar-refractivity contribution in [3.05, 3.63) is 29.3 Å². The quantitative estimate of drug-likeness (QED) is 0.918. The zero-order valence-electron chi connectivity index (χ0n) is 11.8. The van der Waals surface area contributed by atoms with Crippen LogP contribution in [0, 0.1) is 11.8 Å². The van der Waals surface area contributed by atoms with Crippen LogP contribution in [0.15, 0.2) is 18.2 Å². The maximum Gasteiger partial charge on any atom is 0.122 e. The lowest BCUT2D eigenvalue weighted by Crippen LogP contribution is -2.49. The summed E-state index contributed by atoms with van der Waals surface area (Å²) in [7, 11) is 1.79. The van der Waals surface area contributed by atoms with Crippen molar-refractivity contribution in [3.63, 3.8) is 0 Å². The number of rotatable bonds is 3. The molecule has 1 fully saturated rings. The number of nitrogens with one attached hydrogen (secondary N) is 1. The van der Waals surface area contributed by atoms with Crippen LogP contribution in [0.25, 0.3) is 0 Å². The van der Waals surface area contributed by atoms with Crippen LogP contribution in [0.5, 0.6) is 5.75 Å². The lowest BCUT2D eigenvalue weighted by atomic mass is 9.73. The summed E-state index contributed by atoms with van der Waals surface area (Å²) in [6.07, 6.45) is 5.94. The molecule has 1 saturated heterocycles. The van der Waals surface area contributed by atoms with E-state index in [9.17, 15) is 0 Å². The molecule has 3 rings (SSSR count). The third-order valence-corrected chi connectivity index (χ3v) is 5.44. The predicted octanol–water partition coefficient (Wildman–Crippen LogP) is 2.75. The molecular formula is C16H23NOS. The monoisotopic (exact) mass is 277 g/mol. The number of methoxy groups -OCH3 is 1. The van der Waals surface area contributed by atoms with Gasteiger partial charge in [0, 0.05) is 6.04 Å². The number of hydrogen-bond acceptors (Lipinski definition) is 3. The Kier molecular flexibility index (Phi) is 4.04. The molecule has 1 heterocycles. The Morgan fingerprint density at radius 2 is 2.26 bits per heavy atom. The topological polar surface area (TPSA) is 21.3 Å². The molecule has 1 aromatic carbocycles. The van der Waals surface area contributed by atoms with E-state index in [4.69, 9.17) is 4.74 Å². The van der Waals surface area contributed by atoms with E-state index in [1.54, 1.807) is 7.11 Å². The van der Waals surface area contributed by atoms with Gasteiger partial charge in [0.2, 0.25) is 0 Å². The van der Waals surface area contributed by atoms with E-state index >= 15 is 0 Å². The van der Waals surface area contributed by atoms with Crippen LogP contribution in [0.2, 0.25) is 0 Å². The zero-order valence-corrected chi connectivity index (χ0v) is 12.6. The molecule has 104 valence electrons. The largest absolute Gasteiger partial charge is 0.496 e. The van der Waals surface area contributed by atoms with Crippen molar-refractivity contribution in [2.24, 2.45) is 11.8 Å². The Morgan fingerprint density at radius 3 is 3.05 bits per heavy atom. The first-order valence-corrected chi connectivity index (χ1v) is 8.58. The minimum Gasteiger partial charge on any atom is -0.496 e. The molecule has 2 aliphatic rings. The Labute approximate surface area is 120 Å². The van der Waals surface area contributed by atoms with E-state index in [1.807, 2.05) is 11.8 Å². The van der Waals surface area contributed by atoms with Crippen molar-refractivity contribution >= 4 is 11.8 Å². The number of benzene rings is 1. The molecule has 0 amide bonds. The maximum absolute atomic E-state index is 5.54. The van der Waals surface area contributed by atoms with Gasteiger partial charge in [-0.3, -0.25) is 0 Å². The van der Waals surface area contributed by atoms with E-state index in [0.717, 1.165) is 17.6 Å². The molecule has 0 spiro atoms. The van der Waals surface area contributed by atoms with Crippen LogP contribution in [-0.4, -0.2) is 31.7 Å². The average molecular weight is 277 g/mol. The number of hydrogen-bond donors (Lipinski definition) is 1. The third kappa shape index (κ3) is 2.63. The van der Waals surface area contributed by atoms with E-state index in [2.05, 4.69) is 29.8 Å². The second kappa shape index (κ2) is 5.76.